The van der Waals surface area contributed by atoms with Gasteiger partial charge in [0.05, 0.1) is 0 Å². The van der Waals surface area contributed by atoms with Gasteiger partial charge in [-0.15, -0.1) is 0 Å². The molecule has 29 heavy (non-hydrogen) atoms. The number of nitrogens with two attached hydrogens (primary N) is 1. The van der Waals surface area contributed by atoms with E-state index in [1.807, 2.05) is 19.9 Å². The number of nitrogen functional groups attached to an aromatic ring is 1. The normalized spacial score (nSPS) is 14.0. The summed E-state index contributed by atoms with van der Waals surface area (Å²) in [7, 11) is 0. The number of allylic oxidation sites excluding steroid dienone is 3. The van der Waals surface area contributed by atoms with Gasteiger partial charge in [-0.1, -0.05) is 12.1 Å². The van der Waals surface area contributed by atoms with Crippen LogP contribution in [0.2, 0.25) is 0 Å². The van der Waals surface area contributed by atoms with Gasteiger partial charge in [0.1, 0.15) is 40.6 Å². The molecule has 0 aliphatic heterocycles. The van der Waals surface area contributed by atoms with Gasteiger partial charge in [0.25, 0.3) is 5.82 Å². The van der Waals surface area contributed by atoms with Gasteiger partial charge in [-0.3, -0.25) is 5.73 Å². The Morgan fingerprint density at radius 1 is 1.14 bits per heavy atom. The number of aromatic amines is 1. The predicted molar refractivity (Wildman–Crippen MR) is 107 cm³/mol. The molecule has 1 aromatic carbocycles. The second kappa shape index (κ2) is 6.78. The molecule has 2 heterocycles. The minimum atomic E-state index is -0.339. The number of rotatable bonds is 2. The van der Waals surface area contributed by atoms with Crippen molar-refractivity contribution in [2.75, 3.05) is 5.73 Å². The van der Waals surface area contributed by atoms with E-state index in [1.165, 1.54) is 12.1 Å². The van der Waals surface area contributed by atoms with E-state index in [2.05, 4.69) is 17.1 Å². The van der Waals surface area contributed by atoms with Crippen LogP contribution in [-0.4, -0.2) is 0 Å². The van der Waals surface area contributed by atoms with E-state index < -0.39 is 0 Å². The number of nitriles is 2. The van der Waals surface area contributed by atoms with E-state index in [9.17, 15) is 14.9 Å². The van der Waals surface area contributed by atoms with Gasteiger partial charge >= 0.3 is 0 Å². The fourth-order valence-corrected chi connectivity index (χ4v) is 3.64. The summed E-state index contributed by atoms with van der Waals surface area (Å²) in [5, 5.41) is 19.1. The molecule has 4 rings (SSSR count). The number of anilines is 1. The number of benzene rings is 1. The van der Waals surface area contributed by atoms with Gasteiger partial charge in [-0.2, -0.15) is 10.5 Å². The highest BCUT2D eigenvalue weighted by Crippen LogP contribution is 2.43. The third-order valence-electron chi connectivity index (χ3n) is 5.07. The average Bonchev–Trinajstić information content (AvgIpc) is 3.25. The largest absolute Gasteiger partial charge is 0.457 e. The van der Waals surface area contributed by atoms with E-state index in [0.29, 0.717) is 39.5 Å². The summed E-state index contributed by atoms with van der Waals surface area (Å²) in [6.07, 6.45) is 1.82. The summed E-state index contributed by atoms with van der Waals surface area (Å²) in [5.74, 6) is 0.985. The molecule has 0 atom stereocenters. The van der Waals surface area contributed by atoms with Crippen LogP contribution in [0.5, 0.6) is 0 Å². The van der Waals surface area contributed by atoms with E-state index in [0.717, 1.165) is 16.7 Å². The Kier molecular flexibility index (Phi) is 4.26. The molecule has 5 nitrogen and oxygen atoms in total. The van der Waals surface area contributed by atoms with Gasteiger partial charge in [0.2, 0.25) is 0 Å². The first-order chi connectivity index (χ1) is 13.9. The zero-order valence-electron chi connectivity index (χ0n) is 15.8. The maximum atomic E-state index is 13.5. The average molecular weight is 383 g/mol. The molecular weight excluding hydrogens is 367 g/mol. The minimum Gasteiger partial charge on any atom is -0.457 e. The molecule has 2 aromatic heterocycles. The number of nitrogens with zero attached hydrogens (tertiary/aromatic N) is 2. The monoisotopic (exact) mass is 383 g/mol. The second-order valence-corrected chi connectivity index (χ2v) is 6.78. The lowest BCUT2D eigenvalue weighted by Gasteiger charge is -2.07. The van der Waals surface area contributed by atoms with Crippen molar-refractivity contribution in [3.05, 3.63) is 75.9 Å². The van der Waals surface area contributed by atoms with Crippen molar-refractivity contribution in [3.8, 4) is 23.5 Å². The summed E-state index contributed by atoms with van der Waals surface area (Å²) >= 11 is 0. The number of nitrogens with one attached hydrogen (secondary N) is 1. The molecule has 3 aromatic rings. The lowest BCUT2D eigenvalue weighted by atomic mass is 9.96. The SMILES string of the molecule is CC1=C(C#N)c2[nH+]c(N)c(C#N)c(C)c2C1=Cc1ccc(-c2cccc(F)c2)o1. The van der Waals surface area contributed by atoms with Gasteiger partial charge in [0.15, 0.2) is 5.69 Å². The van der Waals surface area contributed by atoms with Crippen molar-refractivity contribution in [1.29, 1.82) is 10.5 Å². The zero-order chi connectivity index (χ0) is 20.7. The van der Waals surface area contributed by atoms with E-state index >= 15 is 0 Å². The summed E-state index contributed by atoms with van der Waals surface area (Å²) in [6, 6.07) is 14.0. The Bertz CT molecular complexity index is 1320. The molecule has 1 aliphatic rings. The number of halogens is 1. The summed E-state index contributed by atoms with van der Waals surface area (Å²) in [5.41, 5.74) is 11.0. The summed E-state index contributed by atoms with van der Waals surface area (Å²) in [4.78, 5) is 2.99. The fourth-order valence-electron chi connectivity index (χ4n) is 3.64. The predicted octanol–water partition coefficient (Wildman–Crippen LogP) is 4.51. The Labute approximate surface area is 166 Å². The van der Waals surface area contributed by atoms with Gasteiger partial charge in [-0.05, 0) is 60.9 Å². The van der Waals surface area contributed by atoms with E-state index in [1.54, 1.807) is 24.3 Å². The van der Waals surface area contributed by atoms with Crippen LogP contribution in [0.25, 0.3) is 28.5 Å². The van der Waals surface area contributed by atoms with Crippen LogP contribution in [0, 0.1) is 35.4 Å². The number of fused-ring (bicyclic) bond motifs is 1. The third-order valence-corrected chi connectivity index (χ3v) is 5.07. The van der Waals surface area contributed by atoms with Crippen molar-refractivity contribution < 1.29 is 13.8 Å². The van der Waals surface area contributed by atoms with E-state index in [-0.39, 0.29) is 11.6 Å². The number of hydrogen-bond donors (Lipinski definition) is 1. The number of hydrogen-bond acceptors (Lipinski definition) is 4. The molecule has 140 valence electrons. The molecular formula is C23H16FN4O+. The van der Waals surface area contributed by atoms with Gasteiger partial charge < -0.3 is 4.42 Å². The molecule has 0 unspecified atom stereocenters. The molecule has 0 amide bonds. The summed E-state index contributed by atoms with van der Waals surface area (Å²) < 4.78 is 19.4. The third kappa shape index (κ3) is 2.88. The molecule has 0 saturated carbocycles. The van der Waals surface area contributed by atoms with Crippen LogP contribution in [0.4, 0.5) is 10.2 Å². The van der Waals surface area contributed by atoms with Crippen molar-refractivity contribution >= 4 is 23.0 Å². The smallest absolute Gasteiger partial charge is 0.289 e. The first-order valence-corrected chi connectivity index (χ1v) is 8.89. The van der Waals surface area contributed by atoms with Crippen LogP contribution >= 0.6 is 0 Å². The molecule has 1 aliphatic carbocycles. The number of pyridine rings is 1. The Morgan fingerprint density at radius 2 is 1.93 bits per heavy atom. The highest BCUT2D eigenvalue weighted by Gasteiger charge is 2.32. The van der Waals surface area contributed by atoms with Gasteiger partial charge in [-0.25, -0.2) is 9.37 Å². The summed E-state index contributed by atoms with van der Waals surface area (Å²) in [6.45, 7) is 3.65. The highest BCUT2D eigenvalue weighted by atomic mass is 19.1. The van der Waals surface area contributed by atoms with Crippen molar-refractivity contribution in [3.63, 3.8) is 0 Å². The standard InChI is InChI=1S/C23H15FN4O/c1-12-17(9-16-6-7-20(29-16)14-4-3-5-15(24)8-14)21-13(2)19(11-26)23(27)28-22(21)18(12)10-25/h3-9H,1-2H3,(H2,27,28)/p+1. The van der Waals surface area contributed by atoms with Crippen molar-refractivity contribution in [2.24, 2.45) is 0 Å². The number of aromatic nitrogens is 1. The quantitative estimate of drug-likeness (QED) is 0.703. The zero-order valence-corrected chi connectivity index (χ0v) is 15.8. The maximum Gasteiger partial charge on any atom is 0.289 e. The number of furan rings is 1. The molecule has 6 heteroatoms. The molecule has 0 spiro atoms. The Morgan fingerprint density at radius 3 is 2.62 bits per heavy atom. The van der Waals surface area contributed by atoms with Gasteiger partial charge in [0, 0.05) is 11.1 Å². The van der Waals surface area contributed by atoms with Crippen LogP contribution in [-0.2, 0) is 0 Å². The second-order valence-electron chi connectivity index (χ2n) is 6.78. The molecule has 0 fully saturated rings. The highest BCUT2D eigenvalue weighted by molar-refractivity contribution is 6.07. The molecule has 0 bridgehead atoms. The fraction of sp³-hybridized carbons (Fsp3) is 0.0870. The lowest BCUT2D eigenvalue weighted by molar-refractivity contribution is -0.364. The maximum absolute atomic E-state index is 13.5. The van der Waals surface area contributed by atoms with Crippen molar-refractivity contribution in [2.45, 2.75) is 13.8 Å². The van der Waals surface area contributed by atoms with E-state index in [4.69, 9.17) is 10.2 Å². The van der Waals surface area contributed by atoms with Crippen LogP contribution in [0.3, 0.4) is 0 Å². The first kappa shape index (κ1) is 18.2. The number of H-pyrrole nitrogens is 1. The van der Waals surface area contributed by atoms with Crippen LogP contribution in [0.1, 0.15) is 35.1 Å². The topological polar surface area (TPSA) is 101 Å². The first-order valence-electron chi connectivity index (χ1n) is 8.89. The minimum absolute atomic E-state index is 0.233. The van der Waals surface area contributed by atoms with Crippen molar-refractivity contribution in [1.82, 2.24) is 0 Å². The van der Waals surface area contributed by atoms with Crippen LogP contribution in [0.15, 0.2) is 46.4 Å². The molecule has 0 radical (unpaired) electrons. The molecule has 0 saturated heterocycles. The van der Waals surface area contributed by atoms with Crippen LogP contribution < -0.4 is 10.7 Å². The Balaban J connectivity index is 1.87. The molecule has 3 N–H and O–H groups in total. The Hall–Kier alpha value is -4.16. The lowest BCUT2D eigenvalue weighted by Crippen LogP contribution is -2.20.